The van der Waals surface area contributed by atoms with Crippen molar-refractivity contribution in [3.8, 4) is 0 Å². The Kier molecular flexibility index (Phi) is 3.77. The molecule has 0 amide bonds. The Bertz CT molecular complexity index is 415. The Balaban J connectivity index is 2.35. The number of allylic oxidation sites excluding steroid dienone is 3. The molecule has 0 spiro atoms. The Morgan fingerprint density at radius 1 is 1.32 bits per heavy atom. The second-order valence-electron chi connectivity index (χ2n) is 7.54. The molecule has 0 aromatic heterocycles. The van der Waals surface area contributed by atoms with Gasteiger partial charge in [-0.05, 0) is 55.4 Å². The molecule has 1 nitrogen and oxygen atoms in total. The van der Waals surface area contributed by atoms with Crippen LogP contribution in [0.15, 0.2) is 24.3 Å². The van der Waals surface area contributed by atoms with E-state index in [1.54, 1.807) is 13.0 Å². The lowest BCUT2D eigenvalue weighted by Gasteiger charge is -2.57. The largest absolute Gasteiger partial charge is 0.295 e. The van der Waals surface area contributed by atoms with Crippen LogP contribution in [0.4, 0.5) is 0 Å². The predicted molar refractivity (Wildman–Crippen MR) is 80.9 cm³/mol. The number of fused-ring (bicyclic) bond motifs is 1. The Morgan fingerprint density at radius 3 is 2.63 bits per heavy atom. The summed E-state index contributed by atoms with van der Waals surface area (Å²) < 4.78 is 0. The van der Waals surface area contributed by atoms with Gasteiger partial charge in [0.2, 0.25) is 0 Å². The summed E-state index contributed by atoms with van der Waals surface area (Å²) in [6.45, 7) is 13.2. The van der Waals surface area contributed by atoms with Gasteiger partial charge in [0, 0.05) is 5.92 Å². The summed E-state index contributed by atoms with van der Waals surface area (Å²) in [4.78, 5) is 11.3. The molecule has 0 aromatic rings. The summed E-state index contributed by atoms with van der Waals surface area (Å²) in [5.74, 6) is 1.28. The van der Waals surface area contributed by atoms with Crippen molar-refractivity contribution in [1.29, 1.82) is 0 Å². The normalized spacial score (nSPS) is 38.2. The zero-order valence-electron chi connectivity index (χ0n) is 13.0. The van der Waals surface area contributed by atoms with Crippen LogP contribution >= 0.6 is 0 Å². The first-order chi connectivity index (χ1) is 8.77. The van der Waals surface area contributed by atoms with E-state index in [0.29, 0.717) is 16.7 Å². The van der Waals surface area contributed by atoms with E-state index < -0.39 is 0 Å². The molecule has 0 radical (unpaired) electrons. The molecule has 106 valence electrons. The van der Waals surface area contributed by atoms with E-state index in [-0.39, 0.29) is 5.78 Å². The lowest BCUT2D eigenvalue weighted by molar-refractivity contribution is -0.112. The topological polar surface area (TPSA) is 17.1 Å². The maximum atomic E-state index is 11.3. The number of ketones is 1. The van der Waals surface area contributed by atoms with E-state index in [4.69, 9.17) is 0 Å². The van der Waals surface area contributed by atoms with Gasteiger partial charge in [0.1, 0.15) is 0 Å². The maximum Gasteiger partial charge on any atom is 0.152 e. The van der Waals surface area contributed by atoms with Crippen LogP contribution in [0, 0.1) is 22.7 Å². The van der Waals surface area contributed by atoms with Gasteiger partial charge >= 0.3 is 0 Å². The molecule has 2 saturated carbocycles. The first-order valence-electron chi connectivity index (χ1n) is 7.64. The molecule has 2 aliphatic rings. The van der Waals surface area contributed by atoms with E-state index in [9.17, 15) is 4.79 Å². The standard InChI is InChI=1S/C18H28O/c1-13-7-10-16-17(3,4)11-6-12-18(16,5)15(13)9-8-14(2)19/h8-9,15-16H,1,6-7,10-12H2,2-5H3/b9-8+/t15-,16-,18+/m1/s1. The van der Waals surface area contributed by atoms with E-state index in [1.807, 2.05) is 0 Å². The van der Waals surface area contributed by atoms with Crippen molar-refractivity contribution in [1.82, 2.24) is 0 Å². The SMILES string of the molecule is C=C1CC[C@@H]2C(C)(C)CCC[C@@]2(C)[C@@H]1/C=C/C(C)=O. The van der Waals surface area contributed by atoms with Gasteiger partial charge < -0.3 is 0 Å². The van der Waals surface area contributed by atoms with Crippen LogP contribution < -0.4 is 0 Å². The van der Waals surface area contributed by atoms with Gasteiger partial charge in [-0.15, -0.1) is 0 Å². The zero-order chi connectivity index (χ0) is 14.3. The van der Waals surface area contributed by atoms with Crippen molar-refractivity contribution < 1.29 is 4.79 Å². The molecule has 3 atom stereocenters. The third kappa shape index (κ3) is 2.57. The Morgan fingerprint density at radius 2 is 2.00 bits per heavy atom. The molecule has 1 heteroatoms. The number of rotatable bonds is 2. The van der Waals surface area contributed by atoms with Crippen LogP contribution in [-0.2, 0) is 4.79 Å². The van der Waals surface area contributed by atoms with E-state index in [2.05, 4.69) is 33.4 Å². The highest BCUT2D eigenvalue weighted by Gasteiger charge is 2.52. The molecular weight excluding hydrogens is 232 g/mol. The summed E-state index contributed by atoms with van der Waals surface area (Å²) in [5.41, 5.74) is 2.05. The summed E-state index contributed by atoms with van der Waals surface area (Å²) >= 11 is 0. The number of carbonyl (C=O) groups excluding carboxylic acids is 1. The highest BCUT2D eigenvalue weighted by atomic mass is 16.1. The van der Waals surface area contributed by atoms with Crippen molar-refractivity contribution in [2.24, 2.45) is 22.7 Å². The quantitative estimate of drug-likeness (QED) is 0.508. The summed E-state index contributed by atoms with van der Waals surface area (Å²) in [6, 6.07) is 0. The second kappa shape index (κ2) is 4.92. The minimum absolute atomic E-state index is 0.147. The minimum atomic E-state index is 0.147. The van der Waals surface area contributed by atoms with E-state index in [1.165, 1.54) is 31.3 Å². The molecule has 0 N–H and O–H groups in total. The van der Waals surface area contributed by atoms with Crippen LogP contribution in [-0.4, -0.2) is 5.78 Å². The number of carbonyl (C=O) groups is 1. The average molecular weight is 260 g/mol. The van der Waals surface area contributed by atoms with Crippen molar-refractivity contribution >= 4 is 5.78 Å². The van der Waals surface area contributed by atoms with Crippen LogP contribution in [0.3, 0.4) is 0 Å². The molecule has 0 unspecified atom stereocenters. The van der Waals surface area contributed by atoms with E-state index >= 15 is 0 Å². The maximum absolute atomic E-state index is 11.3. The van der Waals surface area contributed by atoms with Crippen LogP contribution in [0.1, 0.15) is 59.8 Å². The fraction of sp³-hybridized carbons (Fsp3) is 0.722. The summed E-state index contributed by atoms with van der Waals surface area (Å²) in [6.07, 6.45) is 10.2. The average Bonchev–Trinajstić information content (AvgIpc) is 2.26. The lowest BCUT2D eigenvalue weighted by atomic mass is 9.47. The molecule has 2 rings (SSSR count). The van der Waals surface area contributed by atoms with Crippen LogP contribution in [0.5, 0.6) is 0 Å². The van der Waals surface area contributed by atoms with Crippen LogP contribution in [0.25, 0.3) is 0 Å². The molecular formula is C18H28O. The summed E-state index contributed by atoms with van der Waals surface area (Å²) in [5, 5.41) is 0. The zero-order valence-corrected chi connectivity index (χ0v) is 13.0. The molecule has 2 aliphatic carbocycles. The van der Waals surface area contributed by atoms with Crippen molar-refractivity contribution in [2.75, 3.05) is 0 Å². The van der Waals surface area contributed by atoms with Gasteiger partial charge in [0.15, 0.2) is 5.78 Å². The van der Waals surface area contributed by atoms with Crippen molar-refractivity contribution in [3.63, 3.8) is 0 Å². The molecule has 0 saturated heterocycles. The van der Waals surface area contributed by atoms with E-state index in [0.717, 1.165) is 12.3 Å². The predicted octanol–water partition coefficient (Wildman–Crippen LogP) is 4.93. The lowest BCUT2D eigenvalue weighted by Crippen LogP contribution is -2.48. The first kappa shape index (κ1) is 14.6. The molecule has 0 aliphatic heterocycles. The van der Waals surface area contributed by atoms with Gasteiger partial charge in [0.05, 0.1) is 0 Å². The molecule has 0 heterocycles. The van der Waals surface area contributed by atoms with Gasteiger partial charge in [-0.2, -0.15) is 0 Å². The van der Waals surface area contributed by atoms with Gasteiger partial charge in [-0.3, -0.25) is 4.79 Å². The first-order valence-corrected chi connectivity index (χ1v) is 7.64. The molecule has 0 bridgehead atoms. The molecule has 19 heavy (non-hydrogen) atoms. The monoisotopic (exact) mass is 260 g/mol. The number of hydrogen-bond donors (Lipinski definition) is 0. The smallest absolute Gasteiger partial charge is 0.152 e. The molecule has 0 aromatic carbocycles. The third-order valence-corrected chi connectivity index (χ3v) is 5.70. The highest BCUT2D eigenvalue weighted by Crippen LogP contribution is 2.61. The Labute approximate surface area is 118 Å². The van der Waals surface area contributed by atoms with Crippen molar-refractivity contribution in [3.05, 3.63) is 24.3 Å². The van der Waals surface area contributed by atoms with Gasteiger partial charge in [-0.1, -0.05) is 45.4 Å². The number of hydrogen-bond acceptors (Lipinski definition) is 1. The Hall–Kier alpha value is -0.850. The van der Waals surface area contributed by atoms with Gasteiger partial charge in [0.25, 0.3) is 0 Å². The highest BCUT2D eigenvalue weighted by molar-refractivity contribution is 5.87. The second-order valence-corrected chi connectivity index (χ2v) is 7.54. The summed E-state index contributed by atoms with van der Waals surface area (Å²) in [7, 11) is 0. The van der Waals surface area contributed by atoms with Gasteiger partial charge in [-0.25, -0.2) is 0 Å². The van der Waals surface area contributed by atoms with Crippen molar-refractivity contribution in [2.45, 2.75) is 59.8 Å². The molecule has 2 fully saturated rings. The van der Waals surface area contributed by atoms with Crippen LogP contribution in [0.2, 0.25) is 0 Å². The fourth-order valence-corrected chi connectivity index (χ4v) is 4.80. The minimum Gasteiger partial charge on any atom is -0.295 e. The third-order valence-electron chi connectivity index (χ3n) is 5.70. The fourth-order valence-electron chi connectivity index (χ4n) is 4.80.